The van der Waals surface area contributed by atoms with Crippen molar-refractivity contribution in [3.8, 4) is 0 Å². The number of aryl methyl sites for hydroxylation is 1. The number of fused-ring (bicyclic) bond motifs is 2. The molecule has 0 radical (unpaired) electrons. The molecule has 8 nitrogen and oxygen atoms in total. The van der Waals surface area contributed by atoms with Crippen LogP contribution < -0.4 is 11.1 Å². The molecule has 1 aliphatic rings. The second-order valence-electron chi connectivity index (χ2n) is 7.92. The third kappa shape index (κ3) is 3.72. The van der Waals surface area contributed by atoms with Crippen molar-refractivity contribution < 1.29 is 18.1 Å². The van der Waals surface area contributed by atoms with Crippen molar-refractivity contribution in [1.29, 1.82) is 0 Å². The lowest BCUT2D eigenvalue weighted by Crippen LogP contribution is -2.38. The molecule has 3 heterocycles. The lowest BCUT2D eigenvalue weighted by atomic mass is 9.91. The fraction of sp³-hybridized carbons (Fsp3) is 0.318. The van der Waals surface area contributed by atoms with E-state index in [0.717, 1.165) is 37.0 Å². The molecular formula is C22H21FN4O4. The van der Waals surface area contributed by atoms with Crippen LogP contribution in [-0.4, -0.2) is 40.2 Å². The van der Waals surface area contributed by atoms with Gasteiger partial charge in [-0.25, -0.2) is 9.18 Å². The summed E-state index contributed by atoms with van der Waals surface area (Å²) in [6, 6.07) is 9.63. The number of piperidine rings is 1. The first-order valence-electron chi connectivity index (χ1n) is 10.1. The van der Waals surface area contributed by atoms with Crippen LogP contribution in [0.2, 0.25) is 0 Å². The number of carbonyl (C=O) groups is 1. The van der Waals surface area contributed by atoms with E-state index in [1.165, 1.54) is 16.7 Å². The summed E-state index contributed by atoms with van der Waals surface area (Å²) in [6.07, 6.45) is 1.68. The highest BCUT2D eigenvalue weighted by atomic mass is 19.1. The predicted molar refractivity (Wildman–Crippen MR) is 112 cm³/mol. The Balaban J connectivity index is 1.19. The largest absolute Gasteiger partial charge is 0.419 e. The Morgan fingerprint density at radius 2 is 2.00 bits per heavy atom. The van der Waals surface area contributed by atoms with Gasteiger partial charge in [-0.05, 0) is 50.2 Å². The molecule has 31 heavy (non-hydrogen) atoms. The summed E-state index contributed by atoms with van der Waals surface area (Å²) in [4.78, 5) is 26.2. The lowest BCUT2D eigenvalue weighted by molar-refractivity contribution is -0.117. The van der Waals surface area contributed by atoms with Crippen LogP contribution in [0, 0.1) is 5.82 Å². The molecular weight excluding hydrogens is 403 g/mol. The number of amides is 1. The normalized spacial score (nSPS) is 15.7. The molecule has 0 aliphatic carbocycles. The molecule has 2 aromatic heterocycles. The van der Waals surface area contributed by atoms with Crippen molar-refractivity contribution in [2.45, 2.75) is 18.8 Å². The van der Waals surface area contributed by atoms with Gasteiger partial charge in [0.15, 0.2) is 11.2 Å². The molecule has 0 saturated carbocycles. The van der Waals surface area contributed by atoms with Crippen LogP contribution >= 0.6 is 0 Å². The summed E-state index contributed by atoms with van der Waals surface area (Å²) in [5.74, 6) is -0.691. The lowest BCUT2D eigenvalue weighted by Gasteiger charge is -2.30. The van der Waals surface area contributed by atoms with Gasteiger partial charge in [0.1, 0.15) is 5.82 Å². The van der Waals surface area contributed by atoms with E-state index in [1.807, 2.05) is 0 Å². The van der Waals surface area contributed by atoms with E-state index in [0.29, 0.717) is 22.4 Å². The Hall–Kier alpha value is -3.46. The monoisotopic (exact) mass is 424 g/mol. The number of anilines is 1. The highest BCUT2D eigenvalue weighted by Crippen LogP contribution is 2.32. The van der Waals surface area contributed by atoms with Gasteiger partial charge in [-0.2, -0.15) is 0 Å². The number of hydrogen-bond donors (Lipinski definition) is 1. The topological polar surface area (TPSA) is 93.5 Å². The number of nitrogens with one attached hydrogen (secondary N) is 1. The van der Waals surface area contributed by atoms with Crippen LogP contribution in [0.4, 0.5) is 10.1 Å². The fourth-order valence-corrected chi connectivity index (χ4v) is 4.21. The van der Waals surface area contributed by atoms with Gasteiger partial charge < -0.3 is 14.3 Å². The molecule has 0 spiro atoms. The minimum atomic E-state index is -0.439. The van der Waals surface area contributed by atoms with Crippen molar-refractivity contribution >= 4 is 33.7 Å². The Kier molecular flexibility index (Phi) is 4.82. The van der Waals surface area contributed by atoms with Crippen LogP contribution in [0.15, 0.2) is 50.1 Å². The van der Waals surface area contributed by atoms with Gasteiger partial charge in [0.05, 0.1) is 17.8 Å². The third-order valence-corrected chi connectivity index (χ3v) is 5.88. The fourth-order valence-electron chi connectivity index (χ4n) is 4.21. The number of halogens is 1. The van der Waals surface area contributed by atoms with Gasteiger partial charge in [-0.1, -0.05) is 5.16 Å². The second-order valence-corrected chi connectivity index (χ2v) is 7.92. The molecule has 0 bridgehead atoms. The maximum absolute atomic E-state index is 13.4. The first kappa shape index (κ1) is 19.5. The van der Waals surface area contributed by atoms with E-state index in [4.69, 9.17) is 8.94 Å². The molecule has 9 heteroatoms. The number of oxazole rings is 1. The van der Waals surface area contributed by atoms with Crippen molar-refractivity contribution in [2.24, 2.45) is 7.05 Å². The first-order chi connectivity index (χ1) is 15.0. The van der Waals surface area contributed by atoms with E-state index in [9.17, 15) is 14.0 Å². The summed E-state index contributed by atoms with van der Waals surface area (Å²) in [5, 5.41) is 7.87. The number of nitrogens with zero attached hydrogens (tertiary/aromatic N) is 3. The number of carbonyl (C=O) groups excluding carboxylic acids is 1. The number of hydrogen-bond acceptors (Lipinski definition) is 6. The average Bonchev–Trinajstić information content (AvgIpc) is 3.28. The molecule has 5 rings (SSSR count). The number of aromatic nitrogens is 2. The van der Waals surface area contributed by atoms with Crippen molar-refractivity contribution in [2.75, 3.05) is 25.0 Å². The third-order valence-electron chi connectivity index (χ3n) is 5.88. The van der Waals surface area contributed by atoms with Gasteiger partial charge in [0, 0.05) is 36.2 Å². The number of rotatable bonds is 4. The molecule has 160 valence electrons. The van der Waals surface area contributed by atoms with E-state index in [2.05, 4.69) is 15.4 Å². The smallest absolute Gasteiger partial charge is 0.408 e. The van der Waals surface area contributed by atoms with Crippen molar-refractivity contribution in [3.05, 3.63) is 58.5 Å². The second kappa shape index (κ2) is 7.66. The van der Waals surface area contributed by atoms with E-state index in [1.54, 1.807) is 31.3 Å². The molecule has 4 aromatic rings. The van der Waals surface area contributed by atoms with Crippen molar-refractivity contribution in [3.63, 3.8) is 0 Å². The summed E-state index contributed by atoms with van der Waals surface area (Å²) < 4.78 is 25.2. The summed E-state index contributed by atoms with van der Waals surface area (Å²) in [6.45, 7) is 1.77. The van der Waals surface area contributed by atoms with Crippen molar-refractivity contribution in [1.82, 2.24) is 14.6 Å². The van der Waals surface area contributed by atoms with Gasteiger partial charge >= 0.3 is 5.76 Å². The van der Waals surface area contributed by atoms with Crippen LogP contribution in [-0.2, 0) is 11.8 Å². The first-order valence-corrected chi connectivity index (χ1v) is 10.1. The molecule has 1 saturated heterocycles. The SMILES string of the molecule is Cn1c(=O)oc2cc(NC(=O)CN3CCC(c4noc5cc(F)ccc45)CC3)ccc21. The van der Waals surface area contributed by atoms with Crippen LogP contribution in [0.1, 0.15) is 24.5 Å². The Morgan fingerprint density at radius 3 is 2.81 bits per heavy atom. The molecule has 0 atom stereocenters. The maximum Gasteiger partial charge on any atom is 0.419 e. The maximum atomic E-state index is 13.4. The van der Waals surface area contributed by atoms with Gasteiger partial charge in [0.25, 0.3) is 0 Å². The minimum Gasteiger partial charge on any atom is -0.408 e. The van der Waals surface area contributed by atoms with Gasteiger partial charge in [-0.3, -0.25) is 14.3 Å². The highest BCUT2D eigenvalue weighted by Gasteiger charge is 2.26. The highest BCUT2D eigenvalue weighted by molar-refractivity contribution is 5.94. The Bertz CT molecular complexity index is 1330. The zero-order valence-corrected chi connectivity index (χ0v) is 16.9. The van der Waals surface area contributed by atoms with Crippen LogP contribution in [0.3, 0.4) is 0 Å². The minimum absolute atomic E-state index is 0.126. The average molecular weight is 424 g/mol. The summed E-state index contributed by atoms with van der Waals surface area (Å²) in [5.41, 5.74) is 3.02. The van der Waals surface area contributed by atoms with E-state index < -0.39 is 5.76 Å². The summed E-state index contributed by atoms with van der Waals surface area (Å²) in [7, 11) is 1.64. The van der Waals surface area contributed by atoms with Gasteiger partial charge in [0.2, 0.25) is 5.91 Å². The molecule has 0 unspecified atom stereocenters. The van der Waals surface area contributed by atoms with Gasteiger partial charge in [-0.15, -0.1) is 0 Å². The predicted octanol–water partition coefficient (Wildman–Crippen LogP) is 3.23. The number of benzene rings is 2. The Labute approximate surface area is 176 Å². The zero-order chi connectivity index (χ0) is 21.5. The molecule has 1 fully saturated rings. The van der Waals surface area contributed by atoms with Crippen LogP contribution in [0.5, 0.6) is 0 Å². The zero-order valence-electron chi connectivity index (χ0n) is 16.9. The van der Waals surface area contributed by atoms with E-state index in [-0.39, 0.29) is 24.2 Å². The van der Waals surface area contributed by atoms with Crippen LogP contribution in [0.25, 0.3) is 22.1 Å². The quantitative estimate of drug-likeness (QED) is 0.541. The standard InChI is InChI=1S/C22H21FN4O4/c1-26-17-5-3-15(11-19(17)30-22(26)29)24-20(28)12-27-8-6-13(7-9-27)21-16-4-2-14(23)10-18(16)31-25-21/h2-5,10-11,13H,6-9,12H2,1H3,(H,24,28). The molecule has 1 amide bonds. The number of likely N-dealkylation sites (tertiary alicyclic amines) is 1. The Morgan fingerprint density at radius 1 is 1.19 bits per heavy atom. The summed E-state index contributed by atoms with van der Waals surface area (Å²) >= 11 is 0. The van der Waals surface area contributed by atoms with E-state index >= 15 is 0 Å². The molecule has 1 aliphatic heterocycles. The molecule has 1 N–H and O–H groups in total. The molecule has 2 aromatic carbocycles.